The second-order valence-corrected chi connectivity index (χ2v) is 6.82. The molecule has 25 heavy (non-hydrogen) atoms. The van der Waals surface area contributed by atoms with Crippen LogP contribution in [0.1, 0.15) is 21.1 Å². The highest BCUT2D eigenvalue weighted by atomic mass is 32.2. The predicted molar refractivity (Wildman–Crippen MR) is 94.3 cm³/mol. The summed E-state index contributed by atoms with van der Waals surface area (Å²) in [6.07, 6.45) is 2.45. The summed E-state index contributed by atoms with van der Waals surface area (Å²) in [7, 11) is 0. The molecule has 0 saturated heterocycles. The van der Waals surface area contributed by atoms with Gasteiger partial charge >= 0.3 is 11.0 Å². The normalized spacial score (nSPS) is 10.6. The molecule has 0 unspecified atom stereocenters. The third kappa shape index (κ3) is 4.22. The Labute approximate surface area is 150 Å². The van der Waals surface area contributed by atoms with E-state index in [1.54, 1.807) is 11.8 Å². The van der Waals surface area contributed by atoms with Crippen molar-refractivity contribution in [2.45, 2.75) is 11.3 Å². The Morgan fingerprint density at radius 1 is 1.28 bits per heavy atom. The van der Waals surface area contributed by atoms with Gasteiger partial charge in [0.25, 0.3) is 5.91 Å². The fourth-order valence-corrected chi connectivity index (χ4v) is 3.12. The zero-order valence-corrected chi connectivity index (χ0v) is 14.6. The van der Waals surface area contributed by atoms with Crippen LogP contribution in [0.3, 0.4) is 0 Å². The number of thioether (sulfide) groups is 1. The van der Waals surface area contributed by atoms with Gasteiger partial charge in [-0.15, -0.1) is 16.9 Å². The predicted octanol–water partition coefficient (Wildman–Crippen LogP) is 3.60. The number of benzene rings is 1. The Hall–Kier alpha value is -2.72. The molecule has 1 amide bonds. The van der Waals surface area contributed by atoms with Crippen molar-refractivity contribution in [2.24, 2.45) is 0 Å². The van der Waals surface area contributed by atoms with Crippen molar-refractivity contribution in [2.75, 3.05) is 11.6 Å². The SMILES string of the molecule is CSc1ccc(Cc2nnc(NC(=O)c3ccc([N+](=O)[O-])s3)o2)cc1. The fraction of sp³-hybridized carbons (Fsp3) is 0.133. The monoisotopic (exact) mass is 376 g/mol. The largest absolute Gasteiger partial charge is 0.407 e. The van der Waals surface area contributed by atoms with Gasteiger partial charge in [-0.3, -0.25) is 20.2 Å². The first-order chi connectivity index (χ1) is 12.0. The van der Waals surface area contributed by atoms with Gasteiger partial charge in [0, 0.05) is 11.0 Å². The molecule has 0 aliphatic heterocycles. The summed E-state index contributed by atoms with van der Waals surface area (Å²) in [4.78, 5) is 23.5. The van der Waals surface area contributed by atoms with Crippen molar-refractivity contribution in [3.8, 4) is 0 Å². The Bertz CT molecular complexity index is 904. The average molecular weight is 376 g/mol. The molecule has 10 heteroatoms. The van der Waals surface area contributed by atoms with E-state index in [2.05, 4.69) is 15.5 Å². The Balaban J connectivity index is 1.64. The van der Waals surface area contributed by atoms with Gasteiger partial charge in [0.05, 0.1) is 16.2 Å². The maximum absolute atomic E-state index is 12.0. The van der Waals surface area contributed by atoms with Gasteiger partial charge in [0.2, 0.25) is 5.89 Å². The molecule has 0 bridgehead atoms. The van der Waals surface area contributed by atoms with Crippen molar-refractivity contribution in [1.82, 2.24) is 10.2 Å². The highest BCUT2D eigenvalue weighted by Gasteiger charge is 2.17. The summed E-state index contributed by atoms with van der Waals surface area (Å²) in [5.74, 6) is -0.165. The quantitative estimate of drug-likeness (QED) is 0.397. The summed E-state index contributed by atoms with van der Waals surface area (Å²) >= 11 is 2.43. The molecule has 2 heterocycles. The van der Waals surface area contributed by atoms with Gasteiger partial charge in [-0.05, 0) is 30.0 Å². The Kier molecular flexibility index (Phi) is 5.10. The van der Waals surface area contributed by atoms with Crippen LogP contribution in [0.15, 0.2) is 45.7 Å². The lowest BCUT2D eigenvalue weighted by Crippen LogP contribution is -2.10. The van der Waals surface area contributed by atoms with Crippen LogP contribution in [0, 0.1) is 10.1 Å². The first kappa shape index (κ1) is 17.1. The van der Waals surface area contributed by atoms with Crippen LogP contribution in [-0.4, -0.2) is 27.3 Å². The third-order valence-corrected chi connectivity index (χ3v) is 4.98. The molecule has 3 rings (SSSR count). The fourth-order valence-electron chi connectivity index (χ4n) is 2.00. The van der Waals surface area contributed by atoms with E-state index in [1.807, 2.05) is 30.5 Å². The minimum absolute atomic E-state index is 0.0446. The van der Waals surface area contributed by atoms with Crippen LogP contribution in [0.25, 0.3) is 0 Å². The van der Waals surface area contributed by atoms with Gasteiger partial charge in [-0.1, -0.05) is 28.6 Å². The average Bonchev–Trinajstić information content (AvgIpc) is 3.25. The van der Waals surface area contributed by atoms with Crippen LogP contribution in [-0.2, 0) is 6.42 Å². The van der Waals surface area contributed by atoms with E-state index in [0.717, 1.165) is 21.8 Å². The van der Waals surface area contributed by atoms with Gasteiger partial charge in [0.15, 0.2) is 0 Å². The summed E-state index contributed by atoms with van der Waals surface area (Å²) < 4.78 is 5.40. The Morgan fingerprint density at radius 2 is 2.04 bits per heavy atom. The molecule has 0 aliphatic carbocycles. The van der Waals surface area contributed by atoms with Gasteiger partial charge < -0.3 is 4.42 Å². The summed E-state index contributed by atoms with van der Waals surface area (Å²) in [6, 6.07) is 10.6. The molecule has 3 aromatic rings. The van der Waals surface area contributed by atoms with Crippen LogP contribution in [0.2, 0.25) is 0 Å². The number of hydrogen-bond acceptors (Lipinski definition) is 8. The van der Waals surface area contributed by atoms with Crippen molar-refractivity contribution >= 4 is 40.0 Å². The zero-order chi connectivity index (χ0) is 17.8. The first-order valence-electron chi connectivity index (χ1n) is 7.06. The van der Waals surface area contributed by atoms with Gasteiger partial charge in [-0.25, -0.2) is 0 Å². The second-order valence-electron chi connectivity index (χ2n) is 4.87. The molecule has 2 aromatic heterocycles. The lowest BCUT2D eigenvalue weighted by Gasteiger charge is -1.99. The first-order valence-corrected chi connectivity index (χ1v) is 9.10. The Morgan fingerprint density at radius 3 is 2.68 bits per heavy atom. The van der Waals surface area contributed by atoms with Crippen LogP contribution >= 0.6 is 23.1 Å². The molecule has 0 radical (unpaired) electrons. The van der Waals surface area contributed by atoms with Crippen LogP contribution < -0.4 is 5.32 Å². The van der Waals surface area contributed by atoms with E-state index in [-0.39, 0.29) is 15.9 Å². The summed E-state index contributed by atoms with van der Waals surface area (Å²) in [5.41, 5.74) is 1.01. The standard InChI is InChI=1S/C15H12N4O4S2/c1-24-10-4-2-9(3-5-10)8-12-17-18-15(23-12)16-14(20)11-6-7-13(25-11)19(21)22/h2-7H,8H2,1H3,(H,16,18,20). The van der Waals surface area contributed by atoms with E-state index in [4.69, 9.17) is 4.42 Å². The molecule has 8 nitrogen and oxygen atoms in total. The lowest BCUT2D eigenvalue weighted by atomic mass is 10.1. The topological polar surface area (TPSA) is 111 Å². The number of aromatic nitrogens is 2. The third-order valence-electron chi connectivity index (χ3n) is 3.20. The molecule has 0 aliphatic rings. The number of nitrogens with one attached hydrogen (secondary N) is 1. The lowest BCUT2D eigenvalue weighted by molar-refractivity contribution is -0.380. The molecule has 0 atom stereocenters. The molecule has 1 N–H and O–H groups in total. The number of amides is 1. The van der Waals surface area contributed by atoms with E-state index < -0.39 is 10.8 Å². The van der Waals surface area contributed by atoms with Crippen molar-refractivity contribution in [3.63, 3.8) is 0 Å². The maximum Gasteiger partial charge on any atom is 0.324 e. The van der Waals surface area contributed by atoms with Crippen LogP contribution in [0.5, 0.6) is 0 Å². The number of rotatable bonds is 6. The minimum atomic E-state index is -0.547. The molecular formula is C15H12N4O4S2. The number of nitro groups is 1. The van der Waals surface area contributed by atoms with E-state index in [1.165, 1.54) is 12.1 Å². The zero-order valence-electron chi connectivity index (χ0n) is 13.0. The highest BCUT2D eigenvalue weighted by Crippen LogP contribution is 2.24. The van der Waals surface area contributed by atoms with Crippen molar-refractivity contribution < 1.29 is 14.1 Å². The van der Waals surface area contributed by atoms with Gasteiger partial charge in [0.1, 0.15) is 0 Å². The molecular weight excluding hydrogens is 364 g/mol. The molecule has 128 valence electrons. The van der Waals surface area contributed by atoms with E-state index in [9.17, 15) is 14.9 Å². The summed E-state index contributed by atoms with van der Waals surface area (Å²) in [5, 5.41) is 20.7. The van der Waals surface area contributed by atoms with Crippen LogP contribution in [0.4, 0.5) is 11.0 Å². The summed E-state index contributed by atoms with van der Waals surface area (Å²) in [6.45, 7) is 0. The smallest absolute Gasteiger partial charge is 0.324 e. The van der Waals surface area contributed by atoms with Crippen molar-refractivity contribution in [3.05, 3.63) is 62.8 Å². The number of nitrogens with zero attached hydrogens (tertiary/aromatic N) is 3. The number of hydrogen-bond donors (Lipinski definition) is 1. The van der Waals surface area contributed by atoms with Crippen molar-refractivity contribution in [1.29, 1.82) is 0 Å². The highest BCUT2D eigenvalue weighted by molar-refractivity contribution is 7.98. The molecule has 0 saturated carbocycles. The second kappa shape index (κ2) is 7.45. The number of carbonyl (C=O) groups excluding carboxylic acids is 1. The number of anilines is 1. The van der Waals surface area contributed by atoms with Gasteiger partial charge in [-0.2, -0.15) is 0 Å². The molecule has 0 spiro atoms. The van der Waals surface area contributed by atoms with E-state index in [0.29, 0.717) is 12.3 Å². The molecule has 1 aromatic carbocycles. The molecule has 0 fully saturated rings. The maximum atomic E-state index is 12.0. The minimum Gasteiger partial charge on any atom is -0.407 e. The number of thiophene rings is 1. The number of carbonyl (C=O) groups is 1. The van der Waals surface area contributed by atoms with E-state index >= 15 is 0 Å².